The standard InChI is InChI=1S/C26H24N2O2/c1-18(2)30-23-14-12-19(13-15-23)24-11-7-6-10-21(24)16-22-17-25(29)28-26(27-22)20-8-4-3-5-9-20/h3-15,17-18H,16H2,1-2H3,(H,27,28,29). The molecule has 0 fully saturated rings. The van der Waals surface area contributed by atoms with Gasteiger partial charge in [-0.2, -0.15) is 4.98 Å². The molecule has 4 aromatic rings. The minimum atomic E-state index is -0.0217. The average molecular weight is 396 g/mol. The number of rotatable bonds is 6. The van der Waals surface area contributed by atoms with Gasteiger partial charge in [0.2, 0.25) is 5.88 Å². The SMILES string of the molecule is CC(C)Oc1ccc(-c2ccccc2Cc2cc(O)nc(-c3ccccc3)n2)cc1. The van der Waals surface area contributed by atoms with Gasteiger partial charge in [0.25, 0.3) is 0 Å². The highest BCUT2D eigenvalue weighted by atomic mass is 16.5. The van der Waals surface area contributed by atoms with E-state index in [1.54, 1.807) is 6.07 Å². The summed E-state index contributed by atoms with van der Waals surface area (Å²) in [5.41, 5.74) is 5.03. The van der Waals surface area contributed by atoms with E-state index in [2.05, 4.69) is 34.2 Å². The van der Waals surface area contributed by atoms with Crippen molar-refractivity contribution in [3.05, 3.63) is 96.2 Å². The Morgan fingerprint density at radius 2 is 1.50 bits per heavy atom. The fourth-order valence-electron chi connectivity index (χ4n) is 3.43. The average Bonchev–Trinajstić information content (AvgIpc) is 2.75. The van der Waals surface area contributed by atoms with Crippen LogP contribution in [0.15, 0.2) is 84.9 Å². The highest BCUT2D eigenvalue weighted by Gasteiger charge is 2.11. The molecule has 0 saturated carbocycles. The van der Waals surface area contributed by atoms with Gasteiger partial charge in [-0.15, -0.1) is 0 Å². The molecule has 0 bridgehead atoms. The van der Waals surface area contributed by atoms with Crippen molar-refractivity contribution in [3.8, 4) is 34.1 Å². The molecule has 4 heteroatoms. The molecule has 0 aliphatic heterocycles. The van der Waals surface area contributed by atoms with Gasteiger partial charge in [-0.25, -0.2) is 4.98 Å². The molecule has 1 N–H and O–H groups in total. The molecule has 1 heterocycles. The number of hydrogen-bond acceptors (Lipinski definition) is 4. The van der Waals surface area contributed by atoms with Crippen molar-refractivity contribution in [2.75, 3.05) is 0 Å². The van der Waals surface area contributed by atoms with Crippen molar-refractivity contribution in [1.29, 1.82) is 0 Å². The van der Waals surface area contributed by atoms with Gasteiger partial charge in [-0.05, 0) is 42.7 Å². The van der Waals surface area contributed by atoms with Gasteiger partial charge in [0, 0.05) is 18.1 Å². The summed E-state index contributed by atoms with van der Waals surface area (Å²) < 4.78 is 5.75. The predicted molar refractivity (Wildman–Crippen MR) is 120 cm³/mol. The Bertz CT molecular complexity index is 1120. The Morgan fingerprint density at radius 3 is 2.23 bits per heavy atom. The van der Waals surface area contributed by atoms with Gasteiger partial charge in [0.1, 0.15) is 5.75 Å². The molecule has 30 heavy (non-hydrogen) atoms. The van der Waals surface area contributed by atoms with E-state index in [-0.39, 0.29) is 12.0 Å². The van der Waals surface area contributed by atoms with Crippen LogP contribution in [0.1, 0.15) is 25.1 Å². The fourth-order valence-corrected chi connectivity index (χ4v) is 3.43. The zero-order chi connectivity index (χ0) is 20.9. The van der Waals surface area contributed by atoms with Crippen molar-refractivity contribution in [1.82, 2.24) is 9.97 Å². The Kier molecular flexibility index (Phi) is 5.75. The summed E-state index contributed by atoms with van der Waals surface area (Å²) in [6.45, 7) is 4.04. The van der Waals surface area contributed by atoms with E-state index in [0.717, 1.165) is 33.7 Å². The van der Waals surface area contributed by atoms with E-state index < -0.39 is 0 Å². The van der Waals surface area contributed by atoms with Crippen molar-refractivity contribution in [3.63, 3.8) is 0 Å². The molecule has 0 atom stereocenters. The van der Waals surface area contributed by atoms with Gasteiger partial charge < -0.3 is 9.84 Å². The Labute approximate surface area is 176 Å². The van der Waals surface area contributed by atoms with Crippen LogP contribution in [-0.4, -0.2) is 21.2 Å². The lowest BCUT2D eigenvalue weighted by Crippen LogP contribution is -2.05. The third kappa shape index (κ3) is 4.66. The van der Waals surface area contributed by atoms with Crippen LogP contribution in [0.25, 0.3) is 22.5 Å². The summed E-state index contributed by atoms with van der Waals surface area (Å²) in [4.78, 5) is 8.88. The van der Waals surface area contributed by atoms with Gasteiger partial charge in [0.15, 0.2) is 5.82 Å². The van der Waals surface area contributed by atoms with Crippen LogP contribution in [0.3, 0.4) is 0 Å². The van der Waals surface area contributed by atoms with Crippen LogP contribution < -0.4 is 4.74 Å². The number of aromatic hydroxyl groups is 1. The minimum absolute atomic E-state index is 0.0217. The van der Waals surface area contributed by atoms with Crippen LogP contribution in [0.5, 0.6) is 11.6 Å². The number of aromatic nitrogens is 2. The Hall–Kier alpha value is -3.66. The molecule has 150 valence electrons. The summed E-state index contributed by atoms with van der Waals surface area (Å²) in [5.74, 6) is 1.37. The van der Waals surface area contributed by atoms with E-state index in [9.17, 15) is 5.11 Å². The van der Waals surface area contributed by atoms with Crippen LogP contribution in [0.2, 0.25) is 0 Å². The van der Waals surface area contributed by atoms with E-state index in [4.69, 9.17) is 4.74 Å². The quantitative estimate of drug-likeness (QED) is 0.441. The first-order valence-electron chi connectivity index (χ1n) is 10.1. The van der Waals surface area contributed by atoms with Gasteiger partial charge in [-0.3, -0.25) is 0 Å². The first-order chi connectivity index (χ1) is 14.6. The summed E-state index contributed by atoms with van der Waals surface area (Å²) >= 11 is 0. The second-order valence-electron chi connectivity index (χ2n) is 7.43. The predicted octanol–water partition coefficient (Wildman–Crippen LogP) is 5.89. The maximum Gasteiger partial charge on any atom is 0.214 e. The Morgan fingerprint density at radius 1 is 0.800 bits per heavy atom. The van der Waals surface area contributed by atoms with E-state index in [1.807, 2.05) is 68.4 Å². The normalized spacial score (nSPS) is 10.9. The minimum Gasteiger partial charge on any atom is -0.493 e. The molecule has 0 saturated heterocycles. The van der Waals surface area contributed by atoms with Crippen LogP contribution >= 0.6 is 0 Å². The molecule has 1 aromatic heterocycles. The number of hydrogen-bond donors (Lipinski definition) is 1. The molecule has 0 amide bonds. The highest BCUT2D eigenvalue weighted by Crippen LogP contribution is 2.28. The molecule has 0 aliphatic carbocycles. The van der Waals surface area contributed by atoms with Crippen molar-refractivity contribution in [2.45, 2.75) is 26.4 Å². The topological polar surface area (TPSA) is 55.2 Å². The first kappa shape index (κ1) is 19.6. The molecule has 4 nitrogen and oxygen atoms in total. The lowest BCUT2D eigenvalue weighted by molar-refractivity contribution is 0.242. The van der Waals surface area contributed by atoms with Crippen molar-refractivity contribution >= 4 is 0 Å². The molecule has 4 rings (SSSR count). The third-order valence-electron chi connectivity index (χ3n) is 4.72. The summed E-state index contributed by atoms with van der Waals surface area (Å²) in [6.07, 6.45) is 0.739. The lowest BCUT2D eigenvalue weighted by atomic mass is 9.96. The summed E-state index contributed by atoms with van der Waals surface area (Å²) in [7, 11) is 0. The first-order valence-corrected chi connectivity index (χ1v) is 10.1. The van der Waals surface area contributed by atoms with Gasteiger partial charge in [0.05, 0.1) is 11.8 Å². The smallest absolute Gasteiger partial charge is 0.214 e. The number of nitrogens with zero attached hydrogens (tertiary/aromatic N) is 2. The zero-order valence-electron chi connectivity index (χ0n) is 17.1. The van der Waals surface area contributed by atoms with Crippen LogP contribution in [0, 0.1) is 0 Å². The van der Waals surface area contributed by atoms with Gasteiger partial charge in [-0.1, -0.05) is 66.7 Å². The molecule has 0 aliphatic rings. The zero-order valence-corrected chi connectivity index (χ0v) is 17.1. The van der Waals surface area contributed by atoms with Crippen molar-refractivity contribution < 1.29 is 9.84 Å². The number of ether oxygens (including phenoxy) is 1. The fraction of sp³-hybridized carbons (Fsp3) is 0.154. The molecule has 0 radical (unpaired) electrons. The van der Waals surface area contributed by atoms with Crippen LogP contribution in [-0.2, 0) is 6.42 Å². The Balaban J connectivity index is 1.65. The molecule has 3 aromatic carbocycles. The second kappa shape index (κ2) is 8.78. The molecular weight excluding hydrogens is 372 g/mol. The van der Waals surface area contributed by atoms with E-state index in [0.29, 0.717) is 12.2 Å². The molecule has 0 spiro atoms. The summed E-state index contributed by atoms with van der Waals surface area (Å²) in [6, 6.07) is 27.7. The maximum absolute atomic E-state index is 10.2. The van der Waals surface area contributed by atoms with Crippen molar-refractivity contribution in [2.24, 2.45) is 0 Å². The third-order valence-corrected chi connectivity index (χ3v) is 4.72. The monoisotopic (exact) mass is 396 g/mol. The largest absolute Gasteiger partial charge is 0.493 e. The molecular formula is C26H24N2O2. The van der Waals surface area contributed by atoms with Gasteiger partial charge >= 0.3 is 0 Å². The number of benzene rings is 3. The maximum atomic E-state index is 10.2. The molecule has 0 unspecified atom stereocenters. The van der Waals surface area contributed by atoms with E-state index >= 15 is 0 Å². The second-order valence-corrected chi connectivity index (χ2v) is 7.43. The highest BCUT2D eigenvalue weighted by molar-refractivity contribution is 5.68. The summed E-state index contributed by atoms with van der Waals surface area (Å²) in [5, 5.41) is 10.2. The van der Waals surface area contributed by atoms with Crippen LogP contribution in [0.4, 0.5) is 0 Å². The lowest BCUT2D eigenvalue weighted by Gasteiger charge is -2.13. The van der Waals surface area contributed by atoms with E-state index in [1.165, 1.54) is 0 Å².